The van der Waals surface area contributed by atoms with Gasteiger partial charge >= 0.3 is 11.7 Å². The number of thiazole rings is 1. The molecule has 4 rings (SSSR count). The highest BCUT2D eigenvalue weighted by atomic mass is 32.2. The highest BCUT2D eigenvalue weighted by Crippen LogP contribution is 2.24. The third-order valence-electron chi connectivity index (χ3n) is 6.65. The molecule has 4 heterocycles. The normalized spacial score (nSPS) is 16.1. The average molecular weight is 697 g/mol. The number of carbonyl (C=O) groups is 4. The Balaban J connectivity index is 1.51. The summed E-state index contributed by atoms with van der Waals surface area (Å²) in [6.45, 7) is 2.83. The molecule has 22 heteroatoms. The molecule has 1 fully saturated rings. The fraction of sp³-hybridized carbons (Fsp3) is 0.400. The Morgan fingerprint density at radius 2 is 1.96 bits per heavy atom. The number of pyridine rings is 1. The summed E-state index contributed by atoms with van der Waals surface area (Å²) >= 11 is 0.959. The largest absolute Gasteiger partial charge is 0.503 e. The van der Waals surface area contributed by atoms with Gasteiger partial charge in [0.1, 0.15) is 5.69 Å². The Bertz CT molecular complexity index is 2020. The van der Waals surface area contributed by atoms with Gasteiger partial charge in [-0.3, -0.25) is 28.6 Å². The van der Waals surface area contributed by atoms with Gasteiger partial charge in [0.2, 0.25) is 22.8 Å². The van der Waals surface area contributed by atoms with Gasteiger partial charge in [-0.25, -0.2) is 23.0 Å². The zero-order chi connectivity index (χ0) is 35.0. The quantitative estimate of drug-likeness (QED) is 0.0728. The Labute approximate surface area is 267 Å². The summed E-state index contributed by atoms with van der Waals surface area (Å²) in [5, 5.41) is 37.5. The van der Waals surface area contributed by atoms with Crippen LogP contribution in [-0.2, 0) is 40.6 Å². The maximum Gasteiger partial charge on any atom is 0.360 e. The Morgan fingerprint density at radius 3 is 2.51 bits per heavy atom. The van der Waals surface area contributed by atoms with E-state index in [0.717, 1.165) is 28.2 Å². The molecule has 0 radical (unpaired) electrons. The standard InChI is InChI=1S/C25H28N8O12S2/c1-11(34)7-32-20(13-5-15(35)17(37)6-27-13)29-33(24(32)42)47(43,44)10-18(38)31-8-12(21(31)39)4-16(36)19(14-9-46-23(26)28-14)30-45-25(2,3)22(40)41/h5-6,9,11-12,34,37H,4,7-8,10H2,1-3H3,(H2,26,28)(H,27,35)(H,40,41)/b30-19-/t11-,12+/m1/s1. The van der Waals surface area contributed by atoms with Crippen LogP contribution in [0.4, 0.5) is 5.13 Å². The van der Waals surface area contributed by atoms with E-state index < -0.39 is 98.3 Å². The molecule has 0 aromatic carbocycles. The number of nitrogens with two attached hydrogens (primary N) is 1. The van der Waals surface area contributed by atoms with Crippen LogP contribution in [-0.4, -0.2) is 106 Å². The second-order valence-corrected chi connectivity index (χ2v) is 13.5. The zero-order valence-corrected chi connectivity index (χ0v) is 26.4. The Kier molecular flexibility index (Phi) is 9.50. The third kappa shape index (κ3) is 7.28. The lowest BCUT2D eigenvalue weighted by Crippen LogP contribution is -2.57. The number of anilines is 1. The van der Waals surface area contributed by atoms with Crippen LogP contribution < -0.4 is 16.9 Å². The number of aliphatic hydroxyl groups is 1. The SMILES string of the molecule is C[C@@H](O)Cn1c(-c2cc(=O)c(O)c[nH]2)nn(S(=O)(=O)CC(=O)N2C[C@H](CC(=O)/C(=N\OC(C)(C)C(=O)O)c3csc(N)n3)C2=O)c1=O. The number of H-pyrrole nitrogens is 1. The van der Waals surface area contributed by atoms with E-state index in [-0.39, 0.29) is 27.2 Å². The number of carboxylic acid groups (broad SMARTS) is 1. The molecule has 0 aliphatic carbocycles. The summed E-state index contributed by atoms with van der Waals surface area (Å²) in [5.41, 5.74) is 0.985. The lowest BCUT2D eigenvalue weighted by atomic mass is 9.91. The predicted octanol–water partition coefficient (Wildman–Crippen LogP) is -2.07. The predicted molar refractivity (Wildman–Crippen MR) is 161 cm³/mol. The maximum absolute atomic E-state index is 13.1. The fourth-order valence-electron chi connectivity index (χ4n) is 4.10. The number of aliphatic hydroxyl groups excluding tert-OH is 1. The molecule has 0 spiro atoms. The van der Waals surface area contributed by atoms with Gasteiger partial charge in [0.05, 0.1) is 24.3 Å². The second kappa shape index (κ2) is 12.9. The number of aromatic nitrogens is 5. The number of aromatic hydroxyl groups is 1. The van der Waals surface area contributed by atoms with Crippen LogP contribution >= 0.6 is 11.3 Å². The lowest BCUT2D eigenvalue weighted by molar-refractivity contribution is -0.161. The number of nitrogen functional groups attached to an aromatic ring is 1. The molecular weight excluding hydrogens is 668 g/mol. The Morgan fingerprint density at radius 1 is 1.28 bits per heavy atom. The van der Waals surface area contributed by atoms with Crippen LogP contribution in [0.1, 0.15) is 32.9 Å². The zero-order valence-electron chi connectivity index (χ0n) is 24.8. The summed E-state index contributed by atoms with van der Waals surface area (Å²) in [5.74, 6) is -7.87. The number of ketones is 1. The maximum atomic E-state index is 13.1. The smallest absolute Gasteiger partial charge is 0.360 e. The van der Waals surface area contributed by atoms with Gasteiger partial charge in [-0.2, -0.15) is 0 Å². The number of aliphatic carboxylic acids is 1. The monoisotopic (exact) mass is 696 g/mol. The number of Topliss-reactive ketones (excluding diaryl/α,β-unsaturated/α-hetero) is 1. The number of oxime groups is 1. The van der Waals surface area contributed by atoms with E-state index in [1.54, 1.807) is 0 Å². The minimum Gasteiger partial charge on any atom is -0.503 e. The minimum absolute atomic E-state index is 0.0139. The van der Waals surface area contributed by atoms with E-state index >= 15 is 0 Å². The van der Waals surface area contributed by atoms with Gasteiger partial charge < -0.3 is 30.9 Å². The minimum atomic E-state index is -4.88. The summed E-state index contributed by atoms with van der Waals surface area (Å²) in [6, 6.07) is 0.844. The van der Waals surface area contributed by atoms with Crippen molar-refractivity contribution in [2.45, 2.75) is 45.4 Å². The number of likely N-dealkylation sites (tertiary alicyclic amines) is 1. The van der Waals surface area contributed by atoms with Crippen molar-refractivity contribution in [2.75, 3.05) is 18.0 Å². The van der Waals surface area contributed by atoms with Crippen molar-refractivity contribution in [1.82, 2.24) is 28.6 Å². The summed E-state index contributed by atoms with van der Waals surface area (Å²) < 4.78 is 27.0. The topological polar surface area (TPSA) is 300 Å². The molecule has 0 saturated carbocycles. The van der Waals surface area contributed by atoms with Crippen molar-refractivity contribution in [3.05, 3.63) is 44.0 Å². The molecule has 252 valence electrons. The summed E-state index contributed by atoms with van der Waals surface area (Å²) in [6.07, 6.45) is -0.822. The number of carboxylic acids is 1. The van der Waals surface area contributed by atoms with Crippen LogP contribution in [0.2, 0.25) is 0 Å². The number of rotatable bonds is 13. The molecule has 47 heavy (non-hydrogen) atoms. The van der Waals surface area contributed by atoms with Crippen molar-refractivity contribution in [3.8, 4) is 17.3 Å². The van der Waals surface area contributed by atoms with Gasteiger partial charge in [0.15, 0.2) is 34.0 Å². The van der Waals surface area contributed by atoms with Gasteiger partial charge in [0.25, 0.3) is 10.0 Å². The number of hydrogen-bond acceptors (Lipinski definition) is 16. The van der Waals surface area contributed by atoms with Crippen molar-refractivity contribution >= 4 is 55.8 Å². The van der Waals surface area contributed by atoms with Crippen molar-refractivity contribution in [3.63, 3.8) is 0 Å². The van der Waals surface area contributed by atoms with Crippen LogP contribution in [0.3, 0.4) is 0 Å². The molecule has 6 N–H and O–H groups in total. The first-order valence-corrected chi connectivity index (χ1v) is 15.9. The van der Waals surface area contributed by atoms with Gasteiger partial charge in [-0.15, -0.1) is 20.5 Å². The molecule has 1 saturated heterocycles. The van der Waals surface area contributed by atoms with Crippen molar-refractivity contribution < 1.29 is 47.8 Å². The summed E-state index contributed by atoms with van der Waals surface area (Å²) in [7, 11) is -4.88. The van der Waals surface area contributed by atoms with E-state index in [0.29, 0.717) is 4.90 Å². The van der Waals surface area contributed by atoms with Crippen LogP contribution in [0, 0.1) is 5.92 Å². The van der Waals surface area contributed by atoms with Crippen LogP contribution in [0.15, 0.2) is 32.4 Å². The molecule has 2 atom stereocenters. The second-order valence-electron chi connectivity index (χ2n) is 10.8. The number of β-lactam (4-membered cyclic amide) rings is 1. The van der Waals surface area contributed by atoms with Crippen molar-refractivity contribution in [2.24, 2.45) is 11.1 Å². The molecule has 1 aliphatic rings. The van der Waals surface area contributed by atoms with E-state index in [4.69, 9.17) is 10.6 Å². The highest BCUT2D eigenvalue weighted by molar-refractivity contribution is 7.90. The molecule has 0 unspecified atom stereocenters. The fourth-order valence-corrected chi connectivity index (χ4v) is 5.78. The van der Waals surface area contributed by atoms with Crippen molar-refractivity contribution in [1.29, 1.82) is 0 Å². The molecule has 1 aliphatic heterocycles. The first-order chi connectivity index (χ1) is 21.8. The number of nitrogens with zero attached hydrogens (tertiary/aromatic N) is 6. The molecule has 3 aromatic rings. The first-order valence-electron chi connectivity index (χ1n) is 13.4. The van der Waals surface area contributed by atoms with Crippen LogP contribution in [0.25, 0.3) is 11.5 Å². The number of nitrogens with one attached hydrogen (secondary N) is 1. The lowest BCUT2D eigenvalue weighted by Gasteiger charge is -2.36. The van der Waals surface area contributed by atoms with Gasteiger partial charge in [0, 0.05) is 30.6 Å². The number of aromatic amines is 1. The Hall–Kier alpha value is -5.22. The number of imide groups is 1. The van der Waals surface area contributed by atoms with Gasteiger partial charge in [-0.1, -0.05) is 5.16 Å². The third-order valence-corrected chi connectivity index (χ3v) is 8.70. The molecule has 20 nitrogen and oxygen atoms in total. The number of amides is 2. The number of hydrogen-bond donors (Lipinski definition) is 5. The first kappa shape index (κ1) is 34.6. The van der Waals surface area contributed by atoms with E-state index in [1.165, 1.54) is 26.2 Å². The average Bonchev–Trinajstić information content (AvgIpc) is 3.54. The van der Waals surface area contributed by atoms with Crippen LogP contribution in [0.5, 0.6) is 5.75 Å². The number of carbonyl (C=O) groups excluding carboxylic acids is 3. The summed E-state index contributed by atoms with van der Waals surface area (Å²) in [4.78, 5) is 87.2. The highest BCUT2D eigenvalue weighted by Gasteiger charge is 2.44. The molecular formula is C25H28N8O12S2. The molecule has 3 aromatic heterocycles. The van der Waals surface area contributed by atoms with E-state index in [2.05, 4.69) is 20.2 Å². The molecule has 2 amide bonds. The van der Waals surface area contributed by atoms with E-state index in [9.17, 15) is 52.5 Å². The van der Waals surface area contributed by atoms with E-state index in [1.807, 2.05) is 0 Å². The molecule has 0 bridgehead atoms. The van der Waals surface area contributed by atoms with Gasteiger partial charge in [-0.05, 0) is 20.8 Å².